The highest BCUT2D eigenvalue weighted by atomic mass is 16.6. The van der Waals surface area contributed by atoms with E-state index in [1.165, 1.54) is 23.0 Å². The minimum atomic E-state index is -0.465. The van der Waals surface area contributed by atoms with Gasteiger partial charge in [0.2, 0.25) is 5.91 Å². The van der Waals surface area contributed by atoms with E-state index >= 15 is 0 Å². The normalized spacial score (nSPS) is 11.1. The first-order chi connectivity index (χ1) is 17.5. The van der Waals surface area contributed by atoms with Crippen molar-refractivity contribution < 1.29 is 18.9 Å². The highest BCUT2D eigenvalue weighted by molar-refractivity contribution is 6.02. The second-order valence-electron chi connectivity index (χ2n) is 7.69. The van der Waals surface area contributed by atoms with Gasteiger partial charge < -0.3 is 14.5 Å². The molecule has 10 heteroatoms. The molecule has 0 saturated heterocycles. The van der Waals surface area contributed by atoms with Crippen LogP contribution < -0.4 is 10.1 Å². The van der Waals surface area contributed by atoms with Crippen LogP contribution in [0.5, 0.6) is 5.75 Å². The van der Waals surface area contributed by atoms with E-state index in [-0.39, 0.29) is 11.6 Å². The van der Waals surface area contributed by atoms with E-state index in [0.29, 0.717) is 33.8 Å². The maximum Gasteiger partial charge on any atom is 0.280 e. The Hall–Kier alpha value is -5.25. The molecular formula is C26H19N5O5. The van der Waals surface area contributed by atoms with Crippen molar-refractivity contribution in [2.24, 2.45) is 0 Å². The number of benzene rings is 3. The fourth-order valence-corrected chi connectivity index (χ4v) is 3.59. The highest BCUT2D eigenvalue weighted by Gasteiger charge is 2.16. The summed E-state index contributed by atoms with van der Waals surface area (Å²) in [5.41, 5.74) is 2.94. The van der Waals surface area contributed by atoms with E-state index in [1.807, 2.05) is 24.3 Å². The van der Waals surface area contributed by atoms with Crippen LogP contribution in [0, 0.1) is 10.1 Å². The number of nitro benzene ring substituents is 1. The van der Waals surface area contributed by atoms with Crippen LogP contribution in [0.4, 0.5) is 11.4 Å². The van der Waals surface area contributed by atoms with Crippen LogP contribution in [0.25, 0.3) is 34.1 Å². The number of ether oxygens (including phenoxy) is 1. The number of nitrogens with zero attached hydrogens (tertiary/aromatic N) is 4. The van der Waals surface area contributed by atoms with Crippen LogP contribution in [0.1, 0.15) is 5.76 Å². The average molecular weight is 481 g/mol. The van der Waals surface area contributed by atoms with Crippen molar-refractivity contribution in [3.05, 3.63) is 101 Å². The molecule has 5 aromatic rings. The number of para-hydroxylation sites is 1. The number of rotatable bonds is 7. The molecule has 36 heavy (non-hydrogen) atoms. The zero-order chi connectivity index (χ0) is 25.1. The van der Waals surface area contributed by atoms with Crippen LogP contribution in [0.2, 0.25) is 0 Å². The van der Waals surface area contributed by atoms with Gasteiger partial charge in [-0.3, -0.25) is 14.9 Å². The Morgan fingerprint density at radius 2 is 1.81 bits per heavy atom. The molecular weight excluding hydrogens is 462 g/mol. The summed E-state index contributed by atoms with van der Waals surface area (Å²) < 4.78 is 10.9. The SMILES string of the molecule is COc1ccc(-n2nc3ccc(NC(=O)/C=C/c4ccc(-c5ccccc5[N+](=O)[O-])o4)cc3n2)cc1. The molecule has 0 aliphatic carbocycles. The van der Waals surface area contributed by atoms with E-state index in [0.717, 1.165) is 11.4 Å². The van der Waals surface area contributed by atoms with E-state index < -0.39 is 4.92 Å². The standard InChI is InChI=1S/C26H19N5O5/c1-35-19-9-7-18(8-10-19)30-28-22-13-6-17(16-23(22)29-30)27-26(32)15-12-20-11-14-25(36-20)21-4-2-3-5-24(21)31(33)34/h2-16H,1H3,(H,27,32)/b15-12+. The molecule has 2 aromatic heterocycles. The Bertz CT molecular complexity index is 1600. The number of aromatic nitrogens is 3. The number of amides is 1. The first kappa shape index (κ1) is 22.5. The second kappa shape index (κ2) is 9.55. The van der Waals surface area contributed by atoms with Crippen LogP contribution in [-0.4, -0.2) is 32.9 Å². The molecule has 0 fully saturated rings. The van der Waals surface area contributed by atoms with Gasteiger partial charge in [-0.05, 0) is 66.7 Å². The van der Waals surface area contributed by atoms with Crippen LogP contribution >= 0.6 is 0 Å². The number of nitro groups is 1. The summed E-state index contributed by atoms with van der Waals surface area (Å²) in [6.45, 7) is 0. The quantitative estimate of drug-likeness (QED) is 0.191. The topological polar surface area (TPSA) is 125 Å². The molecule has 10 nitrogen and oxygen atoms in total. The molecule has 178 valence electrons. The summed E-state index contributed by atoms with van der Waals surface area (Å²) in [5, 5.41) is 23.0. The number of methoxy groups -OCH3 is 1. The molecule has 0 aliphatic heterocycles. The summed E-state index contributed by atoms with van der Waals surface area (Å²) in [6.07, 6.45) is 2.81. The lowest BCUT2D eigenvalue weighted by Gasteiger charge is -2.01. The van der Waals surface area contributed by atoms with Gasteiger partial charge in [0.1, 0.15) is 28.3 Å². The number of hydrogen-bond donors (Lipinski definition) is 1. The molecule has 2 heterocycles. The molecule has 1 amide bonds. The van der Waals surface area contributed by atoms with Crippen molar-refractivity contribution in [2.75, 3.05) is 12.4 Å². The lowest BCUT2D eigenvalue weighted by Crippen LogP contribution is -2.07. The number of carbonyl (C=O) groups is 1. The predicted octanol–water partition coefficient (Wildman–Crippen LogP) is 5.25. The molecule has 0 aliphatic rings. The fourth-order valence-electron chi connectivity index (χ4n) is 3.59. The molecule has 0 spiro atoms. The average Bonchev–Trinajstić information content (AvgIpc) is 3.54. The molecule has 0 bridgehead atoms. The van der Waals surface area contributed by atoms with Crippen molar-refractivity contribution in [3.8, 4) is 22.8 Å². The maximum atomic E-state index is 12.4. The van der Waals surface area contributed by atoms with Crippen LogP contribution in [-0.2, 0) is 4.79 Å². The molecule has 0 atom stereocenters. The third-order valence-corrected chi connectivity index (χ3v) is 5.34. The summed E-state index contributed by atoms with van der Waals surface area (Å²) in [4.78, 5) is 24.7. The highest BCUT2D eigenvalue weighted by Crippen LogP contribution is 2.31. The van der Waals surface area contributed by atoms with Gasteiger partial charge >= 0.3 is 0 Å². The Kier molecular flexibility index (Phi) is 5.98. The van der Waals surface area contributed by atoms with Gasteiger partial charge in [-0.2, -0.15) is 4.80 Å². The first-order valence-electron chi connectivity index (χ1n) is 10.8. The monoisotopic (exact) mass is 481 g/mol. The zero-order valence-electron chi connectivity index (χ0n) is 19.0. The minimum Gasteiger partial charge on any atom is -0.497 e. The van der Waals surface area contributed by atoms with Gasteiger partial charge in [0.25, 0.3) is 5.69 Å². The molecule has 0 radical (unpaired) electrons. The van der Waals surface area contributed by atoms with Crippen molar-refractivity contribution in [1.82, 2.24) is 15.0 Å². The number of nitrogens with one attached hydrogen (secondary N) is 1. The fraction of sp³-hybridized carbons (Fsp3) is 0.0385. The van der Waals surface area contributed by atoms with E-state index in [4.69, 9.17) is 9.15 Å². The second-order valence-corrected chi connectivity index (χ2v) is 7.69. The van der Waals surface area contributed by atoms with Crippen molar-refractivity contribution in [2.45, 2.75) is 0 Å². The van der Waals surface area contributed by atoms with Crippen molar-refractivity contribution in [1.29, 1.82) is 0 Å². The Labute approximate surface area is 204 Å². The molecule has 0 saturated carbocycles. The minimum absolute atomic E-state index is 0.0561. The van der Waals surface area contributed by atoms with Gasteiger partial charge in [0, 0.05) is 17.8 Å². The van der Waals surface area contributed by atoms with E-state index in [9.17, 15) is 14.9 Å². The van der Waals surface area contributed by atoms with Gasteiger partial charge in [0.15, 0.2) is 0 Å². The third kappa shape index (κ3) is 4.68. The largest absolute Gasteiger partial charge is 0.497 e. The number of furan rings is 1. The summed E-state index contributed by atoms with van der Waals surface area (Å²) in [5.74, 6) is 1.09. The van der Waals surface area contributed by atoms with Gasteiger partial charge in [0.05, 0.1) is 23.3 Å². The lowest BCUT2D eigenvalue weighted by molar-refractivity contribution is -0.384. The number of carbonyl (C=O) groups excluding carboxylic acids is 1. The summed E-state index contributed by atoms with van der Waals surface area (Å²) >= 11 is 0. The third-order valence-electron chi connectivity index (χ3n) is 5.34. The van der Waals surface area contributed by atoms with E-state index in [2.05, 4.69) is 15.5 Å². The summed E-state index contributed by atoms with van der Waals surface area (Å²) in [7, 11) is 1.60. The van der Waals surface area contributed by atoms with E-state index in [1.54, 1.807) is 55.6 Å². The zero-order valence-corrected chi connectivity index (χ0v) is 19.0. The van der Waals surface area contributed by atoms with Gasteiger partial charge in [-0.15, -0.1) is 10.2 Å². The maximum absolute atomic E-state index is 12.4. The summed E-state index contributed by atoms with van der Waals surface area (Å²) in [6, 6.07) is 22.1. The first-order valence-corrected chi connectivity index (χ1v) is 10.8. The Morgan fingerprint density at radius 3 is 2.58 bits per heavy atom. The van der Waals surface area contributed by atoms with Gasteiger partial charge in [-0.25, -0.2) is 0 Å². The smallest absolute Gasteiger partial charge is 0.280 e. The number of fused-ring (bicyclic) bond motifs is 1. The molecule has 5 rings (SSSR count). The van der Waals surface area contributed by atoms with Crippen molar-refractivity contribution >= 4 is 34.4 Å². The number of anilines is 1. The molecule has 1 N–H and O–H groups in total. The van der Waals surface area contributed by atoms with Gasteiger partial charge in [-0.1, -0.05) is 12.1 Å². The molecule has 0 unspecified atom stereocenters. The van der Waals surface area contributed by atoms with Crippen LogP contribution in [0.3, 0.4) is 0 Å². The van der Waals surface area contributed by atoms with Crippen molar-refractivity contribution in [3.63, 3.8) is 0 Å². The molecule has 3 aromatic carbocycles. The predicted molar refractivity (Wildman–Crippen MR) is 134 cm³/mol. The van der Waals surface area contributed by atoms with Crippen LogP contribution in [0.15, 0.2) is 89.4 Å². The number of hydrogen-bond acceptors (Lipinski definition) is 7. The Morgan fingerprint density at radius 1 is 1.03 bits per heavy atom. The Balaban J connectivity index is 1.28. The lowest BCUT2D eigenvalue weighted by atomic mass is 10.1.